The van der Waals surface area contributed by atoms with Crippen LogP contribution in [0.15, 0.2) is 206 Å². The molecule has 1 unspecified atom stereocenters. The minimum Gasteiger partial charge on any atom is -0.309 e. The maximum atomic E-state index is 2.57. The molecule has 9 aromatic carbocycles. The summed E-state index contributed by atoms with van der Waals surface area (Å²) in [6.45, 7) is 7.16. The van der Waals surface area contributed by atoms with Gasteiger partial charge in [-0.1, -0.05) is 190 Å². The monoisotopic (exact) mass is 741 g/mol. The number of rotatable bonds is 6. The van der Waals surface area contributed by atoms with Crippen molar-refractivity contribution in [2.75, 3.05) is 4.90 Å². The molecule has 2 aliphatic carbocycles. The highest BCUT2D eigenvalue weighted by atomic mass is 15.1. The summed E-state index contributed by atoms with van der Waals surface area (Å²) in [4.78, 5) is 2.57. The molecule has 2 aliphatic rings. The van der Waals surface area contributed by atoms with Crippen LogP contribution in [0, 0.1) is 0 Å². The summed E-state index contributed by atoms with van der Waals surface area (Å²) in [5.41, 5.74) is 19.7. The summed E-state index contributed by atoms with van der Waals surface area (Å²) < 4.78 is 0. The van der Waals surface area contributed by atoms with Crippen LogP contribution >= 0.6 is 0 Å². The highest BCUT2D eigenvalue weighted by molar-refractivity contribution is 6.02. The van der Waals surface area contributed by atoms with Gasteiger partial charge in [-0.05, 0) is 109 Å². The molecule has 1 nitrogen and oxygen atoms in total. The molecule has 0 aromatic heterocycles. The molecule has 0 radical (unpaired) electrons. The third-order valence-corrected chi connectivity index (χ3v) is 13.1. The van der Waals surface area contributed by atoms with E-state index in [4.69, 9.17) is 0 Å². The lowest BCUT2D eigenvalue weighted by Gasteiger charge is -2.33. The average molecular weight is 742 g/mol. The van der Waals surface area contributed by atoms with Gasteiger partial charge in [-0.2, -0.15) is 0 Å². The number of benzene rings is 9. The van der Waals surface area contributed by atoms with E-state index in [-0.39, 0.29) is 10.8 Å². The zero-order valence-corrected chi connectivity index (χ0v) is 33.1. The lowest BCUT2D eigenvalue weighted by molar-refractivity contribution is 0.660. The van der Waals surface area contributed by atoms with Crippen molar-refractivity contribution in [3.8, 4) is 44.5 Å². The van der Waals surface area contributed by atoms with Gasteiger partial charge in [0.25, 0.3) is 0 Å². The first-order valence-electron chi connectivity index (χ1n) is 20.4. The molecule has 0 N–H and O–H groups in total. The molecular weight excluding hydrogens is 699 g/mol. The van der Waals surface area contributed by atoms with Crippen molar-refractivity contribution < 1.29 is 0 Å². The molecule has 0 spiro atoms. The summed E-state index contributed by atoms with van der Waals surface area (Å²) in [7, 11) is 0. The molecule has 0 fully saturated rings. The largest absolute Gasteiger partial charge is 0.309 e. The molecule has 0 heterocycles. The predicted molar refractivity (Wildman–Crippen MR) is 245 cm³/mol. The Bertz CT molecular complexity index is 3050. The Balaban J connectivity index is 1.23. The Morgan fingerprint density at radius 3 is 1.72 bits per heavy atom. The van der Waals surface area contributed by atoms with Gasteiger partial charge in [0.2, 0.25) is 0 Å². The van der Waals surface area contributed by atoms with Gasteiger partial charge in [0.05, 0.1) is 11.4 Å². The standard InChI is InChI=1S/C57H43N/c1-56(2)48-27-14-13-25-47(48)55-50(56)29-17-31-53(55)58(43-34-35-46-45-24-12-15-28-49(45)57(3,51(46)37-43)42-22-8-5-9-23-42)52-30-16-26-44(54(52)39-19-6-4-7-20-39)41-33-32-38-18-10-11-21-40(38)36-41/h4-37H,1-3H3. The summed E-state index contributed by atoms with van der Waals surface area (Å²) >= 11 is 0. The number of hydrogen-bond acceptors (Lipinski definition) is 1. The van der Waals surface area contributed by atoms with E-state index < -0.39 is 0 Å². The van der Waals surface area contributed by atoms with Gasteiger partial charge in [-0.3, -0.25) is 0 Å². The molecule has 0 bridgehead atoms. The van der Waals surface area contributed by atoms with E-state index in [1.165, 1.54) is 88.8 Å². The lowest BCUT2D eigenvalue weighted by atomic mass is 9.74. The Morgan fingerprint density at radius 2 is 0.931 bits per heavy atom. The van der Waals surface area contributed by atoms with Crippen LogP contribution in [0.5, 0.6) is 0 Å². The van der Waals surface area contributed by atoms with Crippen molar-refractivity contribution in [2.45, 2.75) is 31.6 Å². The fraction of sp³-hybridized carbons (Fsp3) is 0.0877. The number of fused-ring (bicyclic) bond motifs is 7. The highest BCUT2D eigenvalue weighted by Crippen LogP contribution is 2.58. The van der Waals surface area contributed by atoms with Crippen molar-refractivity contribution in [1.82, 2.24) is 0 Å². The normalized spacial score (nSPS) is 15.7. The molecule has 0 aliphatic heterocycles. The Kier molecular flexibility index (Phi) is 7.72. The lowest BCUT2D eigenvalue weighted by Crippen LogP contribution is -2.23. The van der Waals surface area contributed by atoms with Gasteiger partial charge < -0.3 is 4.90 Å². The molecule has 1 atom stereocenters. The van der Waals surface area contributed by atoms with Crippen molar-refractivity contribution >= 4 is 27.8 Å². The third-order valence-electron chi connectivity index (χ3n) is 13.1. The van der Waals surface area contributed by atoms with Crippen molar-refractivity contribution in [1.29, 1.82) is 0 Å². The number of nitrogens with zero attached hydrogens (tertiary/aromatic N) is 1. The van der Waals surface area contributed by atoms with Crippen LogP contribution in [0.25, 0.3) is 55.3 Å². The summed E-state index contributed by atoms with van der Waals surface area (Å²) in [5.74, 6) is 0. The van der Waals surface area contributed by atoms with Gasteiger partial charge in [0.1, 0.15) is 0 Å². The van der Waals surface area contributed by atoms with Gasteiger partial charge >= 0.3 is 0 Å². The van der Waals surface area contributed by atoms with Crippen LogP contribution < -0.4 is 4.90 Å². The maximum Gasteiger partial charge on any atom is 0.0546 e. The SMILES string of the molecule is CC1(C)c2ccccc2-c2c(N(c3ccc4c(c3)C(C)(c3ccccc3)c3ccccc3-4)c3cccc(-c4ccc5ccccc5c4)c3-c3ccccc3)cccc21. The molecule has 11 rings (SSSR count). The minimum absolute atomic E-state index is 0.145. The van der Waals surface area contributed by atoms with Crippen LogP contribution in [0.3, 0.4) is 0 Å². The maximum absolute atomic E-state index is 2.57. The summed E-state index contributed by atoms with van der Waals surface area (Å²) in [6, 6.07) is 76.6. The van der Waals surface area contributed by atoms with Crippen LogP contribution in [-0.4, -0.2) is 0 Å². The van der Waals surface area contributed by atoms with Crippen LogP contribution in [0.4, 0.5) is 17.1 Å². The fourth-order valence-corrected chi connectivity index (χ4v) is 10.3. The Hall–Kier alpha value is -6.96. The molecule has 9 aromatic rings. The molecular formula is C57H43N. The fourth-order valence-electron chi connectivity index (χ4n) is 10.3. The smallest absolute Gasteiger partial charge is 0.0546 e. The second kappa shape index (κ2) is 13.0. The van der Waals surface area contributed by atoms with Crippen LogP contribution in [0.2, 0.25) is 0 Å². The second-order valence-electron chi connectivity index (χ2n) is 16.6. The summed E-state index contributed by atoms with van der Waals surface area (Å²) in [5, 5.41) is 2.48. The van der Waals surface area contributed by atoms with E-state index >= 15 is 0 Å². The van der Waals surface area contributed by atoms with E-state index in [1.807, 2.05) is 0 Å². The van der Waals surface area contributed by atoms with Gasteiger partial charge in [0, 0.05) is 27.6 Å². The van der Waals surface area contributed by atoms with Crippen molar-refractivity contribution in [2.24, 2.45) is 0 Å². The molecule has 276 valence electrons. The number of anilines is 3. The van der Waals surface area contributed by atoms with Gasteiger partial charge in [-0.25, -0.2) is 0 Å². The second-order valence-corrected chi connectivity index (χ2v) is 16.6. The predicted octanol–water partition coefficient (Wildman–Crippen LogP) is 15.3. The van der Waals surface area contributed by atoms with E-state index in [1.54, 1.807) is 0 Å². The zero-order valence-electron chi connectivity index (χ0n) is 33.1. The first-order chi connectivity index (χ1) is 28.4. The van der Waals surface area contributed by atoms with Crippen LogP contribution in [0.1, 0.15) is 48.6 Å². The van der Waals surface area contributed by atoms with Gasteiger partial charge in [-0.15, -0.1) is 0 Å². The zero-order chi connectivity index (χ0) is 39.0. The van der Waals surface area contributed by atoms with E-state index in [2.05, 4.69) is 232 Å². The quantitative estimate of drug-likeness (QED) is 0.164. The molecule has 1 heteroatoms. The van der Waals surface area contributed by atoms with Crippen molar-refractivity contribution in [3.63, 3.8) is 0 Å². The first kappa shape index (κ1) is 34.3. The Morgan fingerprint density at radius 1 is 0.345 bits per heavy atom. The average Bonchev–Trinajstić information content (AvgIpc) is 3.68. The minimum atomic E-state index is -0.336. The highest BCUT2D eigenvalue weighted by Gasteiger charge is 2.42. The molecule has 58 heavy (non-hydrogen) atoms. The topological polar surface area (TPSA) is 3.24 Å². The summed E-state index contributed by atoms with van der Waals surface area (Å²) in [6.07, 6.45) is 0. The molecule has 0 amide bonds. The number of hydrogen-bond donors (Lipinski definition) is 0. The van der Waals surface area contributed by atoms with E-state index in [9.17, 15) is 0 Å². The third kappa shape index (κ3) is 5.03. The molecule has 0 saturated carbocycles. The Labute approximate surface area is 341 Å². The van der Waals surface area contributed by atoms with E-state index in [0.717, 1.165) is 11.4 Å². The van der Waals surface area contributed by atoms with E-state index in [0.29, 0.717) is 0 Å². The van der Waals surface area contributed by atoms with Crippen molar-refractivity contribution in [3.05, 3.63) is 234 Å². The van der Waals surface area contributed by atoms with Crippen LogP contribution in [-0.2, 0) is 10.8 Å². The molecule has 0 saturated heterocycles. The van der Waals surface area contributed by atoms with Gasteiger partial charge in [0.15, 0.2) is 0 Å². The first-order valence-corrected chi connectivity index (χ1v) is 20.4.